The van der Waals surface area contributed by atoms with Gasteiger partial charge in [0.2, 0.25) is 5.91 Å². The van der Waals surface area contributed by atoms with Crippen molar-refractivity contribution in [3.8, 4) is 0 Å². The largest absolute Gasteiger partial charge is 0.394 e. The predicted molar refractivity (Wildman–Crippen MR) is 185 cm³/mol. The van der Waals surface area contributed by atoms with Crippen LogP contribution in [-0.4, -0.2) is 46.1 Å². The van der Waals surface area contributed by atoms with E-state index in [0.29, 0.717) is 6.42 Å². The van der Waals surface area contributed by atoms with Gasteiger partial charge in [-0.15, -0.1) is 0 Å². The summed E-state index contributed by atoms with van der Waals surface area (Å²) in [5.74, 6) is -0.504. The number of rotatable bonds is 34. The number of hydrogen-bond acceptors (Lipinski definition) is 4. The molecule has 256 valence electrons. The Kier molecular flexibility index (Phi) is 33.3. The lowest BCUT2D eigenvalue weighted by atomic mass is 10.0. The Morgan fingerprint density at radius 2 is 0.907 bits per heavy atom. The molecule has 3 unspecified atom stereocenters. The zero-order valence-electron chi connectivity index (χ0n) is 28.8. The molecule has 0 heterocycles. The molecule has 0 radical (unpaired) electrons. The second kappa shape index (κ2) is 34.0. The molecule has 0 saturated carbocycles. The summed E-state index contributed by atoms with van der Waals surface area (Å²) in [7, 11) is 0. The Balaban J connectivity index is 3.68. The smallest absolute Gasteiger partial charge is 0.249 e. The summed E-state index contributed by atoms with van der Waals surface area (Å²) in [5.41, 5.74) is 0. The molecule has 0 bridgehead atoms. The van der Waals surface area contributed by atoms with Crippen LogP contribution in [0.4, 0.5) is 0 Å². The maximum atomic E-state index is 12.4. The topological polar surface area (TPSA) is 89.8 Å². The fraction of sp³-hybridized carbons (Fsp3) is 0.921. The normalized spacial score (nSPS) is 13.9. The third-order valence-electron chi connectivity index (χ3n) is 8.88. The highest BCUT2D eigenvalue weighted by Crippen LogP contribution is 2.15. The number of allylic oxidation sites excluding steroid dienone is 1. The lowest BCUT2D eigenvalue weighted by Gasteiger charge is -2.21. The monoisotopic (exact) mass is 610 g/mol. The zero-order chi connectivity index (χ0) is 31.6. The Bertz CT molecular complexity index is 596. The molecule has 4 N–H and O–H groups in total. The van der Waals surface area contributed by atoms with Gasteiger partial charge in [0.1, 0.15) is 6.10 Å². The van der Waals surface area contributed by atoms with Crippen molar-refractivity contribution in [1.82, 2.24) is 5.32 Å². The van der Waals surface area contributed by atoms with Crippen molar-refractivity contribution in [2.45, 2.75) is 218 Å². The fourth-order valence-corrected chi connectivity index (χ4v) is 5.83. The summed E-state index contributed by atoms with van der Waals surface area (Å²) in [6, 6.07) is -0.790. The van der Waals surface area contributed by atoms with Crippen LogP contribution in [0.2, 0.25) is 0 Å². The molecule has 0 aromatic rings. The van der Waals surface area contributed by atoms with Gasteiger partial charge in [0, 0.05) is 0 Å². The number of hydrogen-bond donors (Lipinski definition) is 4. The van der Waals surface area contributed by atoms with Crippen molar-refractivity contribution >= 4 is 5.91 Å². The van der Waals surface area contributed by atoms with Gasteiger partial charge in [-0.3, -0.25) is 4.79 Å². The van der Waals surface area contributed by atoms with Gasteiger partial charge in [-0.05, 0) is 19.3 Å². The van der Waals surface area contributed by atoms with Crippen LogP contribution in [0.15, 0.2) is 12.2 Å². The molecule has 1 amide bonds. The van der Waals surface area contributed by atoms with Crippen molar-refractivity contribution in [3.05, 3.63) is 12.2 Å². The van der Waals surface area contributed by atoms with E-state index in [1.807, 2.05) is 6.08 Å². The van der Waals surface area contributed by atoms with Gasteiger partial charge in [0.25, 0.3) is 0 Å². The van der Waals surface area contributed by atoms with Crippen LogP contribution < -0.4 is 5.32 Å². The van der Waals surface area contributed by atoms with Crippen LogP contribution in [0.1, 0.15) is 200 Å². The van der Waals surface area contributed by atoms with Gasteiger partial charge in [-0.1, -0.05) is 193 Å². The van der Waals surface area contributed by atoms with Gasteiger partial charge >= 0.3 is 0 Å². The molecule has 0 fully saturated rings. The molecule has 0 aliphatic carbocycles. The van der Waals surface area contributed by atoms with E-state index in [9.17, 15) is 20.1 Å². The average molecular weight is 610 g/mol. The van der Waals surface area contributed by atoms with E-state index in [0.717, 1.165) is 32.1 Å². The molecule has 43 heavy (non-hydrogen) atoms. The lowest BCUT2D eigenvalue weighted by molar-refractivity contribution is -0.131. The summed E-state index contributed by atoms with van der Waals surface area (Å²) in [5, 5.41) is 32.9. The van der Waals surface area contributed by atoms with Gasteiger partial charge in [0.15, 0.2) is 0 Å². The summed E-state index contributed by atoms with van der Waals surface area (Å²) in [4.78, 5) is 12.4. The minimum atomic E-state index is -1.09. The Morgan fingerprint density at radius 1 is 0.558 bits per heavy atom. The Hall–Kier alpha value is -0.910. The van der Waals surface area contributed by atoms with Crippen LogP contribution in [0.3, 0.4) is 0 Å². The molecule has 0 saturated heterocycles. The van der Waals surface area contributed by atoms with Gasteiger partial charge < -0.3 is 20.6 Å². The van der Waals surface area contributed by atoms with Crippen molar-refractivity contribution in [3.63, 3.8) is 0 Å². The number of carbonyl (C=O) groups is 1. The number of aliphatic hydroxyl groups excluding tert-OH is 3. The molecule has 0 spiro atoms. The molecule has 0 rings (SSSR count). The maximum absolute atomic E-state index is 12.4. The highest BCUT2D eigenvalue weighted by molar-refractivity contribution is 5.80. The van der Waals surface area contributed by atoms with Gasteiger partial charge in [0.05, 0.1) is 18.8 Å². The first-order chi connectivity index (χ1) is 21.1. The van der Waals surface area contributed by atoms with E-state index in [2.05, 4.69) is 19.2 Å². The molecule has 0 aliphatic rings. The third kappa shape index (κ3) is 29.6. The summed E-state index contributed by atoms with van der Waals surface area (Å²) in [6.07, 6.45) is 38.0. The average Bonchev–Trinajstić information content (AvgIpc) is 3.01. The second-order valence-electron chi connectivity index (χ2n) is 13.1. The van der Waals surface area contributed by atoms with E-state index in [1.165, 1.54) is 148 Å². The van der Waals surface area contributed by atoms with Crippen LogP contribution in [-0.2, 0) is 4.79 Å². The molecule has 5 nitrogen and oxygen atoms in total. The van der Waals surface area contributed by atoms with Crippen LogP contribution in [0.25, 0.3) is 0 Å². The number of aliphatic hydroxyl groups is 3. The first-order valence-corrected chi connectivity index (χ1v) is 19.0. The summed E-state index contributed by atoms with van der Waals surface area (Å²) >= 11 is 0. The molecule has 0 aliphatic heterocycles. The lowest BCUT2D eigenvalue weighted by Crippen LogP contribution is -2.48. The molecule has 0 aromatic carbocycles. The highest BCUT2D eigenvalue weighted by Gasteiger charge is 2.22. The highest BCUT2D eigenvalue weighted by atomic mass is 16.3. The van der Waals surface area contributed by atoms with Crippen LogP contribution in [0, 0.1) is 0 Å². The summed E-state index contributed by atoms with van der Waals surface area (Å²) in [6.45, 7) is 4.16. The minimum absolute atomic E-state index is 0.360. The Labute approximate surface area is 268 Å². The van der Waals surface area contributed by atoms with Gasteiger partial charge in [-0.2, -0.15) is 0 Å². The minimum Gasteiger partial charge on any atom is -0.394 e. The zero-order valence-corrected chi connectivity index (χ0v) is 28.8. The van der Waals surface area contributed by atoms with Crippen LogP contribution in [0.5, 0.6) is 0 Å². The first kappa shape index (κ1) is 42.1. The molecular formula is C38H75NO4. The van der Waals surface area contributed by atoms with E-state index in [4.69, 9.17) is 0 Å². The Morgan fingerprint density at radius 3 is 1.28 bits per heavy atom. The quantitative estimate of drug-likeness (QED) is 0.0432. The predicted octanol–water partition coefficient (Wildman–Crippen LogP) is 10.1. The van der Waals surface area contributed by atoms with E-state index < -0.39 is 24.2 Å². The number of unbranched alkanes of at least 4 members (excludes halogenated alkanes) is 26. The number of carbonyl (C=O) groups excluding carboxylic acids is 1. The van der Waals surface area contributed by atoms with E-state index in [1.54, 1.807) is 6.08 Å². The van der Waals surface area contributed by atoms with E-state index >= 15 is 0 Å². The molecular weight excluding hydrogens is 534 g/mol. The number of amides is 1. The number of nitrogens with one attached hydrogen (secondary N) is 1. The van der Waals surface area contributed by atoms with E-state index in [-0.39, 0.29) is 6.61 Å². The second-order valence-corrected chi connectivity index (χ2v) is 13.1. The first-order valence-electron chi connectivity index (χ1n) is 19.0. The van der Waals surface area contributed by atoms with Crippen molar-refractivity contribution in [1.29, 1.82) is 0 Å². The fourth-order valence-electron chi connectivity index (χ4n) is 5.83. The summed E-state index contributed by atoms with van der Waals surface area (Å²) < 4.78 is 0. The molecule has 3 atom stereocenters. The van der Waals surface area contributed by atoms with Crippen molar-refractivity contribution < 1.29 is 20.1 Å². The third-order valence-corrected chi connectivity index (χ3v) is 8.88. The SMILES string of the molecule is CCCCCCCCCCCCCCCCCCC/C=C/C(O)C(CO)NC(=O)C(O)CCCCCCCCCCCC. The molecule has 0 aromatic heterocycles. The molecule has 5 heteroatoms. The van der Waals surface area contributed by atoms with Crippen molar-refractivity contribution in [2.75, 3.05) is 6.61 Å². The standard InChI is InChI=1S/C38H75NO4/c1-3-5-7-9-11-13-15-16-17-18-19-20-21-22-23-25-26-28-30-32-36(41)35(34-40)39-38(43)37(42)33-31-29-27-24-14-12-10-8-6-4-2/h30,32,35-37,40-42H,3-29,31,33-34H2,1-2H3,(H,39,43)/b32-30+. The van der Waals surface area contributed by atoms with Crippen molar-refractivity contribution in [2.24, 2.45) is 0 Å². The van der Waals surface area contributed by atoms with Crippen LogP contribution >= 0.6 is 0 Å². The van der Waals surface area contributed by atoms with Gasteiger partial charge in [-0.25, -0.2) is 0 Å². The maximum Gasteiger partial charge on any atom is 0.249 e.